The van der Waals surface area contributed by atoms with E-state index >= 15 is 0 Å². The van der Waals surface area contributed by atoms with Crippen LogP contribution in [-0.2, 0) is 9.59 Å². The number of likely N-dealkylation sites (tertiary alicyclic amines) is 1. The summed E-state index contributed by atoms with van der Waals surface area (Å²) in [5.41, 5.74) is -0.279. The molecule has 17 heteroatoms. The molecule has 2 amide bonds. The molecule has 0 aliphatic carbocycles. The predicted octanol–water partition coefficient (Wildman–Crippen LogP) is -2.09. The van der Waals surface area contributed by atoms with Gasteiger partial charge in [-0.15, -0.1) is 10.2 Å². The fraction of sp³-hybridized carbons (Fsp3) is 0.722. The van der Waals surface area contributed by atoms with Crippen LogP contribution in [0.5, 0.6) is 0 Å². The number of nitrogens with zero attached hydrogens (tertiary/aromatic N) is 7. The van der Waals surface area contributed by atoms with Crippen LogP contribution in [-0.4, -0.2) is 78.2 Å². The highest BCUT2D eigenvalue weighted by atomic mass is 35.5. The number of aliphatic imine (C=N–C) groups is 1. The van der Waals surface area contributed by atoms with Gasteiger partial charge in [0.05, 0.1) is 0 Å². The highest BCUT2D eigenvalue weighted by Crippen LogP contribution is 2.28. The SMILES string of the molecule is NN=NC1=C(Cl)N=C(C(=O)NC2NCC3(CCN(C(=O)C4CCN(N)CC4)CC3)N2)C(N=NN)N1. The third-order valence-electron chi connectivity index (χ3n) is 6.80. The Bertz CT molecular complexity index is 935. The molecule has 16 nitrogen and oxygen atoms in total. The minimum absolute atomic E-state index is 0.0362. The molecule has 1 spiro atoms. The molecule has 2 atom stereocenters. The third kappa shape index (κ3) is 5.67. The second kappa shape index (κ2) is 10.8. The van der Waals surface area contributed by atoms with Gasteiger partial charge in [0.1, 0.15) is 6.29 Å². The highest BCUT2D eigenvalue weighted by molar-refractivity contribution is 6.43. The second-order valence-corrected chi connectivity index (χ2v) is 9.34. The van der Waals surface area contributed by atoms with Gasteiger partial charge in [-0.1, -0.05) is 22.0 Å². The Morgan fingerprint density at radius 3 is 2.51 bits per heavy atom. The number of carbonyl (C=O) groups is 2. The van der Waals surface area contributed by atoms with Crippen LogP contribution in [0, 0.1) is 5.92 Å². The second-order valence-electron chi connectivity index (χ2n) is 8.98. The van der Waals surface area contributed by atoms with Crippen molar-refractivity contribution in [3.05, 3.63) is 11.0 Å². The summed E-state index contributed by atoms with van der Waals surface area (Å²) in [5.74, 6) is 15.8. The van der Waals surface area contributed by atoms with E-state index < -0.39 is 18.4 Å². The zero-order valence-electron chi connectivity index (χ0n) is 19.2. The maximum Gasteiger partial charge on any atom is 0.272 e. The van der Waals surface area contributed by atoms with Gasteiger partial charge in [0, 0.05) is 44.2 Å². The van der Waals surface area contributed by atoms with Crippen LogP contribution >= 0.6 is 11.6 Å². The van der Waals surface area contributed by atoms with Crippen LogP contribution in [0.15, 0.2) is 36.6 Å². The Balaban J connectivity index is 1.32. The first-order valence-corrected chi connectivity index (χ1v) is 11.8. The van der Waals surface area contributed by atoms with Crippen molar-refractivity contribution in [3.8, 4) is 0 Å². The van der Waals surface area contributed by atoms with Gasteiger partial charge in [-0.25, -0.2) is 10.0 Å². The summed E-state index contributed by atoms with van der Waals surface area (Å²) in [7, 11) is 0. The number of hydrogen-bond acceptors (Lipinski definition) is 12. The van der Waals surface area contributed by atoms with Crippen molar-refractivity contribution >= 4 is 29.1 Å². The summed E-state index contributed by atoms with van der Waals surface area (Å²) in [6, 6.07) is 0. The summed E-state index contributed by atoms with van der Waals surface area (Å²) in [4.78, 5) is 31.9. The zero-order chi connectivity index (χ0) is 25.0. The Kier molecular flexibility index (Phi) is 7.75. The standard InChI is InChI=1S/C18H31ClN14O2/c19-12-14(29-31-21)25-13(28-30-20)11(24-12)15(34)26-17-23-9-18(27-17)3-7-32(8-4-18)16(35)10-1-5-33(22)6-2-10/h10,13,17,23,25,27H,1-9,22H2,(H2,20,28)(H2,21,29)(H,26,34). The van der Waals surface area contributed by atoms with Gasteiger partial charge in [-0.2, -0.15) is 0 Å². The largest absolute Gasteiger partial charge is 0.342 e. The van der Waals surface area contributed by atoms with Crippen molar-refractivity contribution < 1.29 is 9.59 Å². The predicted molar refractivity (Wildman–Crippen MR) is 125 cm³/mol. The van der Waals surface area contributed by atoms with E-state index in [1.54, 1.807) is 5.01 Å². The molecule has 0 saturated carbocycles. The molecular weight excluding hydrogens is 480 g/mol. The molecule has 35 heavy (non-hydrogen) atoms. The van der Waals surface area contributed by atoms with Crippen LogP contribution in [0.3, 0.4) is 0 Å². The normalized spacial score (nSPS) is 28.1. The average Bonchev–Trinajstić information content (AvgIpc) is 3.23. The topological polar surface area (TPSA) is 229 Å². The lowest BCUT2D eigenvalue weighted by molar-refractivity contribution is -0.138. The molecule has 3 fully saturated rings. The number of nitrogens with one attached hydrogen (secondary N) is 4. The van der Waals surface area contributed by atoms with E-state index in [4.69, 9.17) is 29.1 Å². The number of carbonyl (C=O) groups excluding carboxylic acids is 2. The number of halogens is 1. The molecule has 4 heterocycles. The Morgan fingerprint density at radius 1 is 1.14 bits per heavy atom. The molecular formula is C18H31ClN14O2. The highest BCUT2D eigenvalue weighted by Gasteiger charge is 2.43. The number of nitrogens with two attached hydrogens (primary N) is 3. The Morgan fingerprint density at radius 2 is 1.86 bits per heavy atom. The number of hydrogen-bond donors (Lipinski definition) is 7. The van der Waals surface area contributed by atoms with Crippen molar-refractivity contribution in [1.29, 1.82) is 0 Å². The molecule has 3 saturated heterocycles. The van der Waals surface area contributed by atoms with E-state index in [1.807, 2.05) is 4.90 Å². The fourth-order valence-corrected chi connectivity index (χ4v) is 4.99. The van der Waals surface area contributed by atoms with E-state index in [0.717, 1.165) is 38.8 Å². The van der Waals surface area contributed by atoms with Gasteiger partial charge in [0.25, 0.3) is 5.91 Å². The maximum atomic E-state index is 12.9. The molecule has 0 radical (unpaired) electrons. The average molecular weight is 511 g/mol. The van der Waals surface area contributed by atoms with E-state index in [9.17, 15) is 9.59 Å². The minimum Gasteiger partial charge on any atom is -0.342 e. The van der Waals surface area contributed by atoms with E-state index in [-0.39, 0.29) is 34.1 Å². The molecule has 0 aromatic heterocycles. The maximum absolute atomic E-state index is 12.9. The Labute approximate surface area is 206 Å². The monoisotopic (exact) mass is 510 g/mol. The first kappa shape index (κ1) is 25.2. The summed E-state index contributed by atoms with van der Waals surface area (Å²) in [6.07, 6.45) is 1.60. The van der Waals surface area contributed by atoms with E-state index in [1.165, 1.54) is 0 Å². The summed E-state index contributed by atoms with van der Waals surface area (Å²) in [6.45, 7) is 3.45. The van der Waals surface area contributed by atoms with Crippen LogP contribution in [0.25, 0.3) is 0 Å². The van der Waals surface area contributed by atoms with Gasteiger partial charge >= 0.3 is 0 Å². The number of piperidine rings is 2. The van der Waals surface area contributed by atoms with E-state index in [2.05, 4.69) is 46.9 Å². The van der Waals surface area contributed by atoms with Gasteiger partial charge in [0.2, 0.25) is 5.91 Å². The lowest BCUT2D eigenvalue weighted by atomic mass is 9.87. The molecule has 0 aromatic carbocycles. The van der Waals surface area contributed by atoms with E-state index in [0.29, 0.717) is 19.6 Å². The number of hydrazine groups is 1. The van der Waals surface area contributed by atoms with Crippen LogP contribution in [0.2, 0.25) is 0 Å². The molecule has 2 unspecified atom stereocenters. The molecule has 192 valence electrons. The number of rotatable bonds is 5. The summed E-state index contributed by atoms with van der Waals surface area (Å²) in [5, 5.41) is 27.7. The van der Waals surface area contributed by atoms with Crippen molar-refractivity contribution in [1.82, 2.24) is 31.2 Å². The molecule has 0 aromatic rings. The lowest BCUT2D eigenvalue weighted by Gasteiger charge is -2.41. The smallest absolute Gasteiger partial charge is 0.272 e. The van der Waals surface area contributed by atoms with Gasteiger partial charge < -0.3 is 27.2 Å². The first-order valence-electron chi connectivity index (χ1n) is 11.4. The molecule has 4 aliphatic heterocycles. The quantitative estimate of drug-likeness (QED) is 0.0928. The molecule has 0 bridgehead atoms. The van der Waals surface area contributed by atoms with Gasteiger partial charge in [-0.3, -0.25) is 26.1 Å². The van der Waals surface area contributed by atoms with Crippen LogP contribution < -0.4 is 38.8 Å². The first-order chi connectivity index (χ1) is 16.8. The fourth-order valence-electron chi connectivity index (χ4n) is 4.81. The summed E-state index contributed by atoms with van der Waals surface area (Å²) < 4.78 is 0. The van der Waals surface area contributed by atoms with Crippen LogP contribution in [0.1, 0.15) is 25.7 Å². The molecule has 4 rings (SSSR count). The zero-order valence-corrected chi connectivity index (χ0v) is 19.9. The van der Waals surface area contributed by atoms with Crippen LogP contribution in [0.4, 0.5) is 0 Å². The van der Waals surface area contributed by atoms with Gasteiger partial charge in [-0.05, 0) is 25.7 Å². The third-order valence-corrected chi connectivity index (χ3v) is 7.06. The Hall–Kier alpha value is -2.92. The van der Waals surface area contributed by atoms with Crippen molar-refractivity contribution in [2.45, 2.75) is 43.7 Å². The van der Waals surface area contributed by atoms with Crippen molar-refractivity contribution in [2.24, 2.45) is 49.1 Å². The summed E-state index contributed by atoms with van der Waals surface area (Å²) >= 11 is 6.07. The molecule has 4 aliphatic rings. The minimum atomic E-state index is -1.02. The van der Waals surface area contributed by atoms with Gasteiger partial charge in [0.15, 0.2) is 22.9 Å². The van der Waals surface area contributed by atoms with Crippen molar-refractivity contribution in [3.63, 3.8) is 0 Å². The molecule has 10 N–H and O–H groups in total. The number of amides is 2. The lowest BCUT2D eigenvalue weighted by Crippen LogP contribution is -2.59. The van der Waals surface area contributed by atoms with Crippen molar-refractivity contribution in [2.75, 3.05) is 32.7 Å².